The molecule has 1 aliphatic heterocycles. The molecule has 8 nitrogen and oxygen atoms in total. The minimum Gasteiger partial charge on any atom is -0.481 e. The van der Waals surface area contributed by atoms with Gasteiger partial charge in [0.1, 0.15) is 23.2 Å². The molecule has 0 saturated carbocycles. The fourth-order valence-corrected chi connectivity index (χ4v) is 3.55. The Morgan fingerprint density at radius 3 is 2.55 bits per heavy atom. The second-order valence-electron chi connectivity index (χ2n) is 7.36. The number of anilines is 2. The van der Waals surface area contributed by atoms with Gasteiger partial charge in [-0.2, -0.15) is 0 Å². The lowest BCUT2D eigenvalue weighted by molar-refractivity contribution is -0.139. The molecule has 3 aromatic rings. The summed E-state index contributed by atoms with van der Waals surface area (Å²) >= 11 is 0. The van der Waals surface area contributed by atoms with Crippen LogP contribution in [0.4, 0.5) is 16.0 Å². The maximum atomic E-state index is 13.0. The van der Waals surface area contributed by atoms with E-state index in [1.54, 1.807) is 42.8 Å². The summed E-state index contributed by atoms with van der Waals surface area (Å²) in [5, 5.41) is 3.10. The predicted octanol–water partition coefficient (Wildman–Crippen LogP) is 3.32. The molecule has 0 radical (unpaired) electrons. The van der Waals surface area contributed by atoms with Crippen LogP contribution in [-0.4, -0.2) is 49.9 Å². The van der Waals surface area contributed by atoms with E-state index in [2.05, 4.69) is 25.3 Å². The lowest BCUT2D eigenvalue weighted by atomic mass is 9.93. The molecular formula is C22H23FN6O2. The van der Waals surface area contributed by atoms with E-state index < -0.39 is 6.10 Å². The molecule has 0 spiro atoms. The Labute approximate surface area is 179 Å². The number of benzene rings is 1. The number of ether oxygens (including phenoxy) is 1. The molecule has 1 aliphatic rings. The lowest BCUT2D eigenvalue weighted by Crippen LogP contribution is -2.44. The number of nitrogens with one attached hydrogen (secondary N) is 1. The van der Waals surface area contributed by atoms with Gasteiger partial charge in [-0.05, 0) is 44.0 Å². The normalized spacial score (nSPS) is 15.4. The standard InChI is InChI=1S/C22H23FN6O2/c1-15(31-18-4-2-17(23)3-5-18)22(30)29-10-6-16(7-11-29)19-12-25-14-21(27-19)28-20-13-24-8-9-26-20/h2-5,8-9,12-16H,6-7,10-11H2,1H3,(H,26,27,28)/t15-/m0/s1. The van der Waals surface area contributed by atoms with Crippen molar-refractivity contribution < 1.29 is 13.9 Å². The van der Waals surface area contributed by atoms with E-state index in [1.165, 1.54) is 24.3 Å². The molecule has 2 aromatic heterocycles. The van der Waals surface area contributed by atoms with E-state index in [0.717, 1.165) is 18.5 Å². The predicted molar refractivity (Wildman–Crippen MR) is 112 cm³/mol. The molecule has 1 amide bonds. The largest absolute Gasteiger partial charge is 0.481 e. The van der Waals surface area contributed by atoms with Gasteiger partial charge in [0.2, 0.25) is 0 Å². The van der Waals surface area contributed by atoms with E-state index >= 15 is 0 Å². The smallest absolute Gasteiger partial charge is 0.263 e. The Morgan fingerprint density at radius 2 is 1.84 bits per heavy atom. The number of rotatable bonds is 6. The number of hydrogen-bond donors (Lipinski definition) is 1. The Balaban J connectivity index is 1.32. The molecule has 1 fully saturated rings. The van der Waals surface area contributed by atoms with E-state index in [4.69, 9.17) is 4.74 Å². The zero-order chi connectivity index (χ0) is 21.6. The highest BCUT2D eigenvalue weighted by Gasteiger charge is 2.28. The van der Waals surface area contributed by atoms with Crippen LogP contribution in [0.25, 0.3) is 0 Å². The van der Waals surface area contributed by atoms with Crippen molar-refractivity contribution in [1.82, 2.24) is 24.8 Å². The molecule has 1 N–H and O–H groups in total. The molecule has 3 heterocycles. The van der Waals surface area contributed by atoms with Crippen molar-refractivity contribution in [1.29, 1.82) is 0 Å². The zero-order valence-electron chi connectivity index (χ0n) is 17.1. The lowest BCUT2D eigenvalue weighted by Gasteiger charge is -2.33. The molecular weight excluding hydrogens is 399 g/mol. The fourth-order valence-electron chi connectivity index (χ4n) is 3.55. The molecule has 0 bridgehead atoms. The topological polar surface area (TPSA) is 93.1 Å². The van der Waals surface area contributed by atoms with E-state index in [1.807, 2.05) is 0 Å². The number of carbonyl (C=O) groups is 1. The third-order valence-electron chi connectivity index (χ3n) is 5.17. The number of nitrogens with zero attached hydrogens (tertiary/aromatic N) is 5. The van der Waals surface area contributed by atoms with Crippen molar-refractivity contribution >= 4 is 17.5 Å². The summed E-state index contributed by atoms with van der Waals surface area (Å²) in [5.41, 5.74) is 0.886. The summed E-state index contributed by atoms with van der Waals surface area (Å²) in [7, 11) is 0. The summed E-state index contributed by atoms with van der Waals surface area (Å²) in [6, 6.07) is 5.66. The average molecular weight is 422 g/mol. The molecule has 1 aromatic carbocycles. The first-order valence-electron chi connectivity index (χ1n) is 10.1. The molecule has 0 aliphatic carbocycles. The molecule has 9 heteroatoms. The van der Waals surface area contributed by atoms with Crippen molar-refractivity contribution in [3.8, 4) is 5.75 Å². The van der Waals surface area contributed by atoms with Gasteiger partial charge in [-0.25, -0.2) is 14.4 Å². The third-order valence-corrected chi connectivity index (χ3v) is 5.17. The molecule has 0 unspecified atom stereocenters. The highest BCUT2D eigenvalue weighted by Crippen LogP contribution is 2.28. The molecule has 160 valence electrons. The first kappa shape index (κ1) is 20.6. The third kappa shape index (κ3) is 5.30. The Kier molecular flexibility index (Phi) is 6.30. The number of aromatic nitrogens is 4. The van der Waals surface area contributed by atoms with E-state index in [-0.39, 0.29) is 17.6 Å². The van der Waals surface area contributed by atoms with E-state index in [0.29, 0.717) is 30.5 Å². The van der Waals surface area contributed by atoms with Crippen LogP contribution in [0.3, 0.4) is 0 Å². The Hall–Kier alpha value is -3.62. The first-order valence-corrected chi connectivity index (χ1v) is 10.1. The van der Waals surface area contributed by atoms with Crippen molar-refractivity contribution in [2.45, 2.75) is 31.8 Å². The second kappa shape index (κ2) is 9.46. The molecule has 4 rings (SSSR count). The number of halogens is 1. The number of carbonyl (C=O) groups excluding carboxylic acids is 1. The summed E-state index contributed by atoms with van der Waals surface area (Å²) in [4.78, 5) is 31.7. The van der Waals surface area contributed by atoms with Crippen LogP contribution in [0, 0.1) is 5.82 Å². The van der Waals surface area contributed by atoms with Crippen LogP contribution >= 0.6 is 0 Å². The number of piperidine rings is 1. The van der Waals surface area contributed by atoms with Gasteiger partial charge in [-0.1, -0.05) is 0 Å². The molecule has 31 heavy (non-hydrogen) atoms. The molecule has 1 atom stereocenters. The van der Waals surface area contributed by atoms with Crippen molar-refractivity contribution in [3.63, 3.8) is 0 Å². The summed E-state index contributed by atoms with van der Waals surface area (Å²) < 4.78 is 18.7. The fraction of sp³-hybridized carbons (Fsp3) is 0.318. The van der Waals surface area contributed by atoms with Gasteiger partial charge in [-0.3, -0.25) is 14.8 Å². The summed E-state index contributed by atoms with van der Waals surface area (Å²) in [6.07, 6.45) is 9.18. The van der Waals surface area contributed by atoms with Crippen LogP contribution < -0.4 is 10.1 Å². The van der Waals surface area contributed by atoms with Crippen molar-refractivity contribution in [2.24, 2.45) is 0 Å². The van der Waals surface area contributed by atoms with Gasteiger partial charge < -0.3 is 15.0 Å². The number of hydrogen-bond acceptors (Lipinski definition) is 7. The highest BCUT2D eigenvalue weighted by atomic mass is 19.1. The number of amides is 1. The minimum atomic E-state index is -0.638. The summed E-state index contributed by atoms with van der Waals surface area (Å²) in [6.45, 7) is 2.94. The first-order chi connectivity index (χ1) is 15.1. The van der Waals surface area contributed by atoms with Crippen LogP contribution in [0.2, 0.25) is 0 Å². The van der Waals surface area contributed by atoms with Crippen LogP contribution in [0.15, 0.2) is 55.2 Å². The van der Waals surface area contributed by atoms with Gasteiger partial charge in [0.15, 0.2) is 6.10 Å². The highest BCUT2D eigenvalue weighted by molar-refractivity contribution is 5.81. The van der Waals surface area contributed by atoms with Gasteiger partial charge in [-0.15, -0.1) is 0 Å². The van der Waals surface area contributed by atoms with Gasteiger partial charge in [0.05, 0.1) is 18.1 Å². The van der Waals surface area contributed by atoms with Gasteiger partial charge >= 0.3 is 0 Å². The van der Waals surface area contributed by atoms with Crippen LogP contribution in [-0.2, 0) is 4.79 Å². The van der Waals surface area contributed by atoms with Crippen molar-refractivity contribution in [2.75, 3.05) is 18.4 Å². The van der Waals surface area contributed by atoms with Gasteiger partial charge in [0, 0.05) is 37.6 Å². The second-order valence-corrected chi connectivity index (χ2v) is 7.36. The van der Waals surface area contributed by atoms with Crippen LogP contribution in [0.1, 0.15) is 31.4 Å². The number of likely N-dealkylation sites (tertiary alicyclic amines) is 1. The monoisotopic (exact) mass is 422 g/mol. The maximum absolute atomic E-state index is 13.0. The van der Waals surface area contributed by atoms with Crippen LogP contribution in [0.5, 0.6) is 5.75 Å². The molecule has 1 saturated heterocycles. The van der Waals surface area contributed by atoms with E-state index in [9.17, 15) is 9.18 Å². The minimum absolute atomic E-state index is 0.0769. The summed E-state index contributed by atoms with van der Waals surface area (Å²) in [5.74, 6) is 1.48. The van der Waals surface area contributed by atoms with Crippen molar-refractivity contribution in [3.05, 3.63) is 66.8 Å². The Bertz CT molecular complexity index is 1010. The SMILES string of the molecule is C[C@H](Oc1ccc(F)cc1)C(=O)N1CCC(c2cncc(Nc3cnccn3)n2)CC1. The van der Waals surface area contributed by atoms with Gasteiger partial charge in [0.25, 0.3) is 5.91 Å². The maximum Gasteiger partial charge on any atom is 0.263 e. The Morgan fingerprint density at radius 1 is 1.10 bits per heavy atom. The average Bonchev–Trinajstić information content (AvgIpc) is 2.81. The quantitative estimate of drug-likeness (QED) is 0.651. The zero-order valence-corrected chi connectivity index (χ0v) is 17.1.